The van der Waals surface area contributed by atoms with Gasteiger partial charge in [-0.15, -0.1) is 0 Å². The van der Waals surface area contributed by atoms with Gasteiger partial charge >= 0.3 is 0 Å². The minimum atomic E-state index is 0.439. The van der Waals surface area contributed by atoms with Crippen molar-refractivity contribution < 1.29 is 9.47 Å². The van der Waals surface area contributed by atoms with Gasteiger partial charge in [-0.05, 0) is 43.0 Å². The Hall–Kier alpha value is -1.22. The Morgan fingerprint density at radius 2 is 2.26 bits per heavy atom. The van der Waals surface area contributed by atoms with Crippen molar-refractivity contribution >= 4 is 5.69 Å². The van der Waals surface area contributed by atoms with Crippen molar-refractivity contribution in [3.8, 4) is 5.75 Å². The van der Waals surface area contributed by atoms with Gasteiger partial charge in [0, 0.05) is 24.8 Å². The van der Waals surface area contributed by atoms with Crippen LogP contribution in [-0.4, -0.2) is 25.4 Å². The van der Waals surface area contributed by atoms with Crippen LogP contribution in [0.1, 0.15) is 38.2 Å². The minimum Gasteiger partial charge on any atom is -0.493 e. The maximum Gasteiger partial charge on any atom is 0.122 e. The molecule has 1 aromatic carbocycles. The van der Waals surface area contributed by atoms with Gasteiger partial charge < -0.3 is 14.8 Å². The van der Waals surface area contributed by atoms with Crippen LogP contribution in [0.15, 0.2) is 18.2 Å². The van der Waals surface area contributed by atoms with Gasteiger partial charge in [0.25, 0.3) is 0 Å². The number of rotatable bonds is 4. The van der Waals surface area contributed by atoms with Gasteiger partial charge in [0.05, 0.1) is 12.7 Å². The van der Waals surface area contributed by atoms with E-state index >= 15 is 0 Å². The third-order valence-electron chi connectivity index (χ3n) is 4.04. The Labute approximate surface area is 115 Å². The van der Waals surface area contributed by atoms with Crippen LogP contribution in [0.3, 0.4) is 0 Å². The Morgan fingerprint density at radius 1 is 1.32 bits per heavy atom. The summed E-state index contributed by atoms with van der Waals surface area (Å²) in [4.78, 5) is 0. The van der Waals surface area contributed by atoms with Crippen LogP contribution < -0.4 is 10.1 Å². The van der Waals surface area contributed by atoms with Crippen molar-refractivity contribution in [2.24, 2.45) is 0 Å². The summed E-state index contributed by atoms with van der Waals surface area (Å²) in [7, 11) is 0. The van der Waals surface area contributed by atoms with Crippen molar-refractivity contribution in [2.75, 3.05) is 18.5 Å². The Kier molecular flexibility index (Phi) is 3.92. The number of nitrogens with one attached hydrogen (secondary N) is 1. The summed E-state index contributed by atoms with van der Waals surface area (Å²) in [6.45, 7) is 3.94. The first-order valence-electron chi connectivity index (χ1n) is 7.49. The van der Waals surface area contributed by atoms with E-state index in [4.69, 9.17) is 9.47 Å². The van der Waals surface area contributed by atoms with Crippen molar-refractivity contribution in [1.29, 1.82) is 0 Å². The number of hydrogen-bond donors (Lipinski definition) is 1. The lowest BCUT2D eigenvalue weighted by Crippen LogP contribution is -2.33. The van der Waals surface area contributed by atoms with E-state index in [1.165, 1.54) is 24.1 Å². The lowest BCUT2D eigenvalue weighted by atomic mass is 9.99. The Bertz CT molecular complexity index is 431. The van der Waals surface area contributed by atoms with E-state index in [0.717, 1.165) is 38.2 Å². The molecule has 1 saturated heterocycles. The van der Waals surface area contributed by atoms with Crippen molar-refractivity contribution in [3.05, 3.63) is 23.8 Å². The molecule has 2 aliphatic rings. The van der Waals surface area contributed by atoms with Crippen LogP contribution in [0.4, 0.5) is 5.69 Å². The molecule has 0 aliphatic carbocycles. The number of benzene rings is 1. The maximum absolute atomic E-state index is 5.80. The molecule has 0 bridgehead atoms. The highest BCUT2D eigenvalue weighted by atomic mass is 16.5. The molecule has 3 rings (SSSR count). The normalized spacial score (nSPS) is 25.7. The number of ether oxygens (including phenoxy) is 2. The second-order valence-corrected chi connectivity index (χ2v) is 5.57. The van der Waals surface area contributed by atoms with Gasteiger partial charge in [-0.2, -0.15) is 0 Å². The van der Waals surface area contributed by atoms with Gasteiger partial charge in [0.2, 0.25) is 0 Å². The van der Waals surface area contributed by atoms with Crippen molar-refractivity contribution in [3.63, 3.8) is 0 Å². The minimum absolute atomic E-state index is 0.439. The van der Waals surface area contributed by atoms with E-state index in [-0.39, 0.29) is 0 Å². The fourth-order valence-corrected chi connectivity index (χ4v) is 3.05. The van der Waals surface area contributed by atoms with E-state index in [1.54, 1.807) is 0 Å². The van der Waals surface area contributed by atoms with Gasteiger partial charge in [-0.25, -0.2) is 0 Å². The third kappa shape index (κ3) is 3.03. The van der Waals surface area contributed by atoms with Crippen LogP contribution in [-0.2, 0) is 11.2 Å². The van der Waals surface area contributed by atoms with Crippen LogP contribution >= 0.6 is 0 Å². The SMILES string of the molecule is CCCC1CC(Nc2ccc3c(c2)CCO3)CCO1. The van der Waals surface area contributed by atoms with Crippen LogP contribution in [0.25, 0.3) is 0 Å². The molecule has 0 amide bonds. The van der Waals surface area contributed by atoms with E-state index in [1.807, 2.05) is 0 Å². The standard InChI is InChI=1S/C16H23NO2/c1-2-3-15-11-14(7-9-18-15)17-13-4-5-16-12(10-13)6-8-19-16/h4-5,10,14-15,17H,2-3,6-9,11H2,1H3. The lowest BCUT2D eigenvalue weighted by molar-refractivity contribution is 0.00598. The molecule has 0 radical (unpaired) electrons. The fourth-order valence-electron chi connectivity index (χ4n) is 3.05. The molecular formula is C16H23NO2. The van der Waals surface area contributed by atoms with Gasteiger partial charge in [0.15, 0.2) is 0 Å². The van der Waals surface area contributed by atoms with E-state index < -0.39 is 0 Å². The van der Waals surface area contributed by atoms with E-state index in [0.29, 0.717) is 12.1 Å². The summed E-state index contributed by atoms with van der Waals surface area (Å²) < 4.78 is 11.3. The zero-order valence-electron chi connectivity index (χ0n) is 11.7. The highest BCUT2D eigenvalue weighted by Gasteiger charge is 2.22. The molecule has 3 heteroatoms. The molecule has 19 heavy (non-hydrogen) atoms. The van der Waals surface area contributed by atoms with Crippen LogP contribution in [0.2, 0.25) is 0 Å². The molecule has 1 fully saturated rings. The summed E-state index contributed by atoms with van der Waals surface area (Å²) in [5.41, 5.74) is 2.56. The smallest absolute Gasteiger partial charge is 0.122 e. The summed E-state index contributed by atoms with van der Waals surface area (Å²) >= 11 is 0. The summed E-state index contributed by atoms with van der Waals surface area (Å²) in [5, 5.41) is 3.66. The van der Waals surface area contributed by atoms with Gasteiger partial charge in [0.1, 0.15) is 5.75 Å². The zero-order chi connectivity index (χ0) is 13.1. The second kappa shape index (κ2) is 5.83. The highest BCUT2D eigenvalue weighted by molar-refractivity contribution is 5.53. The monoisotopic (exact) mass is 261 g/mol. The molecule has 104 valence electrons. The molecule has 2 atom stereocenters. The van der Waals surface area contributed by atoms with Gasteiger partial charge in [-0.1, -0.05) is 13.3 Å². The summed E-state index contributed by atoms with van der Waals surface area (Å²) in [6.07, 6.45) is 6.09. The zero-order valence-corrected chi connectivity index (χ0v) is 11.7. The Morgan fingerprint density at radius 3 is 3.16 bits per heavy atom. The number of hydrogen-bond acceptors (Lipinski definition) is 3. The predicted octanol–water partition coefficient (Wildman–Crippen LogP) is 3.38. The highest BCUT2D eigenvalue weighted by Crippen LogP contribution is 2.29. The van der Waals surface area contributed by atoms with Crippen LogP contribution in [0, 0.1) is 0 Å². The van der Waals surface area contributed by atoms with E-state index in [9.17, 15) is 0 Å². The average molecular weight is 261 g/mol. The molecule has 1 aromatic rings. The number of fused-ring (bicyclic) bond motifs is 1. The first-order chi connectivity index (χ1) is 9.35. The Balaban J connectivity index is 1.61. The average Bonchev–Trinajstić information content (AvgIpc) is 2.87. The molecule has 2 unspecified atom stereocenters. The fraction of sp³-hybridized carbons (Fsp3) is 0.625. The molecule has 0 spiro atoms. The first-order valence-corrected chi connectivity index (χ1v) is 7.49. The quantitative estimate of drug-likeness (QED) is 0.901. The van der Waals surface area contributed by atoms with Gasteiger partial charge in [-0.3, -0.25) is 0 Å². The predicted molar refractivity (Wildman–Crippen MR) is 76.9 cm³/mol. The topological polar surface area (TPSA) is 30.5 Å². The molecule has 3 nitrogen and oxygen atoms in total. The molecule has 2 heterocycles. The molecule has 2 aliphatic heterocycles. The molecule has 0 aromatic heterocycles. The van der Waals surface area contributed by atoms with Crippen molar-refractivity contribution in [1.82, 2.24) is 0 Å². The summed E-state index contributed by atoms with van der Waals surface area (Å²) in [6, 6.07) is 7.01. The van der Waals surface area contributed by atoms with Crippen LogP contribution in [0.5, 0.6) is 5.75 Å². The number of anilines is 1. The van der Waals surface area contributed by atoms with E-state index in [2.05, 4.69) is 30.4 Å². The third-order valence-corrected chi connectivity index (χ3v) is 4.04. The second-order valence-electron chi connectivity index (χ2n) is 5.57. The molecule has 1 N–H and O–H groups in total. The first kappa shape index (κ1) is 12.8. The molecular weight excluding hydrogens is 238 g/mol. The van der Waals surface area contributed by atoms with Crippen molar-refractivity contribution in [2.45, 2.75) is 51.2 Å². The maximum atomic E-state index is 5.80. The lowest BCUT2D eigenvalue weighted by Gasteiger charge is -2.30. The largest absolute Gasteiger partial charge is 0.493 e. The molecule has 0 saturated carbocycles. The summed E-state index contributed by atoms with van der Waals surface area (Å²) in [5.74, 6) is 1.06.